The van der Waals surface area contributed by atoms with E-state index in [1.54, 1.807) is 16.9 Å². The van der Waals surface area contributed by atoms with Crippen molar-refractivity contribution in [1.82, 2.24) is 14.1 Å². The second-order valence-electron chi connectivity index (χ2n) is 6.90. The summed E-state index contributed by atoms with van der Waals surface area (Å²) in [6.07, 6.45) is 2.81. The molecule has 0 saturated carbocycles. The number of nitrogens with one attached hydrogen (secondary N) is 1. The molecule has 0 aliphatic carbocycles. The molecule has 146 valence electrons. The van der Waals surface area contributed by atoms with Crippen molar-refractivity contribution in [2.75, 3.05) is 18.4 Å². The van der Waals surface area contributed by atoms with Gasteiger partial charge in [-0.3, -0.25) is 4.79 Å². The maximum atomic E-state index is 13.1. The van der Waals surface area contributed by atoms with Gasteiger partial charge in [0.15, 0.2) is 0 Å². The Balaban J connectivity index is 1.72. The molecule has 3 rings (SSSR count). The van der Waals surface area contributed by atoms with E-state index in [0.717, 1.165) is 12.1 Å². The number of benzene rings is 1. The summed E-state index contributed by atoms with van der Waals surface area (Å²) in [6, 6.07) is 6.54. The zero-order valence-electron chi connectivity index (χ0n) is 15.3. The van der Waals surface area contributed by atoms with E-state index in [1.807, 2.05) is 13.8 Å². The molecule has 0 radical (unpaired) electrons. The highest BCUT2D eigenvalue weighted by molar-refractivity contribution is 7.89. The van der Waals surface area contributed by atoms with Crippen LogP contribution in [0.5, 0.6) is 0 Å². The number of nitrogens with zero attached hydrogens (tertiary/aromatic N) is 3. The summed E-state index contributed by atoms with van der Waals surface area (Å²) < 4.78 is 41.7. The van der Waals surface area contributed by atoms with Crippen molar-refractivity contribution in [1.29, 1.82) is 0 Å². The van der Waals surface area contributed by atoms with Gasteiger partial charge >= 0.3 is 0 Å². The van der Waals surface area contributed by atoms with Crippen LogP contribution in [-0.4, -0.2) is 41.5 Å². The van der Waals surface area contributed by atoms with Crippen LogP contribution in [0.25, 0.3) is 0 Å². The Bertz CT molecular complexity index is 909. The van der Waals surface area contributed by atoms with Gasteiger partial charge in [0.2, 0.25) is 15.9 Å². The molecule has 1 aromatic carbocycles. The van der Waals surface area contributed by atoms with Crippen molar-refractivity contribution >= 4 is 21.7 Å². The smallest absolute Gasteiger partial charge is 0.243 e. The maximum Gasteiger partial charge on any atom is 0.243 e. The lowest BCUT2D eigenvalue weighted by molar-refractivity contribution is -0.120. The second-order valence-corrected chi connectivity index (χ2v) is 8.84. The van der Waals surface area contributed by atoms with E-state index in [9.17, 15) is 17.6 Å². The zero-order chi connectivity index (χ0) is 19.6. The average molecular weight is 394 g/mol. The molecule has 1 amide bonds. The highest BCUT2D eigenvalue weighted by atomic mass is 32.2. The van der Waals surface area contributed by atoms with Crippen molar-refractivity contribution in [3.63, 3.8) is 0 Å². The van der Waals surface area contributed by atoms with Gasteiger partial charge in [0.05, 0.1) is 17.0 Å². The van der Waals surface area contributed by atoms with Gasteiger partial charge in [0, 0.05) is 25.2 Å². The molecule has 9 heteroatoms. The Morgan fingerprint density at radius 3 is 2.63 bits per heavy atom. The topological polar surface area (TPSA) is 84.3 Å². The van der Waals surface area contributed by atoms with E-state index in [1.165, 1.54) is 16.4 Å². The van der Waals surface area contributed by atoms with Crippen LogP contribution in [0, 0.1) is 11.7 Å². The molecular weight excluding hydrogens is 371 g/mol. The van der Waals surface area contributed by atoms with Gasteiger partial charge in [0.25, 0.3) is 0 Å². The molecule has 1 aromatic heterocycles. The predicted molar refractivity (Wildman–Crippen MR) is 99.1 cm³/mol. The van der Waals surface area contributed by atoms with Crippen molar-refractivity contribution < 1.29 is 17.6 Å². The van der Waals surface area contributed by atoms with Gasteiger partial charge in [0.1, 0.15) is 11.6 Å². The first kappa shape index (κ1) is 19.5. The monoisotopic (exact) mass is 394 g/mol. The van der Waals surface area contributed by atoms with Crippen LogP contribution in [-0.2, 0) is 14.8 Å². The summed E-state index contributed by atoms with van der Waals surface area (Å²) >= 11 is 0. The van der Waals surface area contributed by atoms with Crippen LogP contribution in [0.15, 0.2) is 41.4 Å². The third kappa shape index (κ3) is 4.19. The number of aromatic nitrogens is 2. The first-order valence-electron chi connectivity index (χ1n) is 8.89. The molecule has 0 bridgehead atoms. The highest BCUT2D eigenvalue weighted by Gasteiger charge is 2.33. The number of rotatable bonds is 5. The highest BCUT2D eigenvalue weighted by Crippen LogP contribution is 2.25. The Labute approximate surface area is 158 Å². The molecular formula is C18H23FN4O3S. The summed E-state index contributed by atoms with van der Waals surface area (Å²) in [4.78, 5) is 12.7. The minimum absolute atomic E-state index is 0.0304. The van der Waals surface area contributed by atoms with Crippen molar-refractivity contribution in [2.45, 2.75) is 37.6 Å². The molecule has 1 N–H and O–H groups in total. The van der Waals surface area contributed by atoms with Gasteiger partial charge in [-0.15, -0.1) is 0 Å². The largest absolute Gasteiger partial charge is 0.311 e. The number of carbonyl (C=O) groups excluding carboxylic acids is 1. The number of amides is 1. The Morgan fingerprint density at radius 2 is 1.96 bits per heavy atom. The molecule has 1 unspecified atom stereocenters. The number of hydrogen-bond acceptors (Lipinski definition) is 4. The second kappa shape index (κ2) is 7.77. The van der Waals surface area contributed by atoms with Crippen molar-refractivity contribution in [3.8, 4) is 0 Å². The fraction of sp³-hybridized carbons (Fsp3) is 0.444. The minimum atomic E-state index is -3.76. The fourth-order valence-electron chi connectivity index (χ4n) is 3.18. The number of piperidine rings is 1. The van der Waals surface area contributed by atoms with Crippen molar-refractivity contribution in [3.05, 3.63) is 42.3 Å². The third-order valence-corrected chi connectivity index (χ3v) is 6.50. The van der Waals surface area contributed by atoms with Crippen LogP contribution in [0.2, 0.25) is 0 Å². The quantitative estimate of drug-likeness (QED) is 0.845. The molecule has 1 fully saturated rings. The Hall–Kier alpha value is -2.26. The SMILES string of the molecule is CC(C)n1nccc1NC(=O)C1CCCN(S(=O)(=O)c2ccc(F)cc2)C1. The summed E-state index contributed by atoms with van der Waals surface area (Å²) in [6.45, 7) is 4.36. The molecule has 1 saturated heterocycles. The summed E-state index contributed by atoms with van der Waals surface area (Å²) in [5.41, 5.74) is 0. The van der Waals surface area contributed by atoms with E-state index in [4.69, 9.17) is 0 Å². The summed E-state index contributed by atoms with van der Waals surface area (Å²) in [7, 11) is -3.76. The number of anilines is 1. The van der Waals surface area contributed by atoms with Crippen LogP contribution in [0.1, 0.15) is 32.7 Å². The first-order chi connectivity index (χ1) is 12.8. The Morgan fingerprint density at radius 1 is 1.26 bits per heavy atom. The molecule has 1 aliphatic rings. The fourth-order valence-corrected chi connectivity index (χ4v) is 4.71. The Kier molecular flexibility index (Phi) is 5.61. The maximum absolute atomic E-state index is 13.1. The zero-order valence-corrected chi connectivity index (χ0v) is 16.1. The van der Waals surface area contributed by atoms with Gasteiger partial charge < -0.3 is 5.32 Å². The minimum Gasteiger partial charge on any atom is -0.311 e. The summed E-state index contributed by atoms with van der Waals surface area (Å²) in [5, 5.41) is 7.03. The van der Waals surface area contributed by atoms with E-state index >= 15 is 0 Å². The van der Waals surface area contributed by atoms with E-state index in [2.05, 4.69) is 10.4 Å². The standard InChI is InChI=1S/C18H23FN4O3S/c1-13(2)23-17(9-10-20-23)21-18(24)14-4-3-11-22(12-14)27(25,26)16-7-5-15(19)6-8-16/h5-10,13-14H,3-4,11-12H2,1-2H3,(H,21,24). The summed E-state index contributed by atoms with van der Waals surface area (Å²) in [5.74, 6) is -0.582. The van der Waals surface area contributed by atoms with Gasteiger partial charge in [-0.25, -0.2) is 17.5 Å². The lowest BCUT2D eigenvalue weighted by Gasteiger charge is -2.31. The third-order valence-electron chi connectivity index (χ3n) is 4.62. The van der Waals surface area contributed by atoms with E-state index in [-0.39, 0.29) is 23.4 Å². The average Bonchev–Trinajstić information content (AvgIpc) is 3.10. The lowest BCUT2D eigenvalue weighted by atomic mass is 9.99. The van der Waals surface area contributed by atoms with E-state index in [0.29, 0.717) is 25.2 Å². The van der Waals surface area contributed by atoms with Gasteiger partial charge in [-0.1, -0.05) is 0 Å². The molecule has 2 aromatic rings. The molecule has 1 atom stereocenters. The van der Waals surface area contributed by atoms with Crippen molar-refractivity contribution in [2.24, 2.45) is 5.92 Å². The van der Waals surface area contributed by atoms with Crippen LogP contribution >= 0.6 is 0 Å². The number of carbonyl (C=O) groups is 1. The number of hydrogen-bond donors (Lipinski definition) is 1. The number of sulfonamides is 1. The number of halogens is 1. The molecule has 27 heavy (non-hydrogen) atoms. The molecule has 1 aliphatic heterocycles. The van der Waals surface area contributed by atoms with Crippen LogP contribution in [0.4, 0.5) is 10.2 Å². The van der Waals surface area contributed by atoms with Crippen LogP contribution < -0.4 is 5.32 Å². The molecule has 7 nitrogen and oxygen atoms in total. The lowest BCUT2D eigenvalue weighted by Crippen LogP contribution is -2.43. The van der Waals surface area contributed by atoms with Gasteiger partial charge in [-0.2, -0.15) is 9.40 Å². The van der Waals surface area contributed by atoms with Crippen LogP contribution in [0.3, 0.4) is 0 Å². The van der Waals surface area contributed by atoms with Gasteiger partial charge in [-0.05, 0) is 51.0 Å². The van der Waals surface area contributed by atoms with E-state index < -0.39 is 21.8 Å². The predicted octanol–water partition coefficient (Wildman–Crippen LogP) is 2.64. The first-order valence-corrected chi connectivity index (χ1v) is 10.3. The normalized spacial score (nSPS) is 18.6. The molecule has 0 spiro atoms. The molecule has 2 heterocycles.